The number of halogens is 1. The highest BCUT2D eigenvalue weighted by molar-refractivity contribution is 5.74. The van der Waals surface area contributed by atoms with Crippen molar-refractivity contribution in [2.24, 2.45) is 10.8 Å². The Kier molecular flexibility index (Phi) is 6.83. The van der Waals surface area contributed by atoms with Crippen molar-refractivity contribution < 1.29 is 14.3 Å². The van der Waals surface area contributed by atoms with Crippen molar-refractivity contribution in [3.63, 3.8) is 0 Å². The third-order valence-electron chi connectivity index (χ3n) is 7.13. The maximum absolute atomic E-state index is 13.0. The Balaban J connectivity index is 0.000000290. The van der Waals surface area contributed by atoms with Crippen LogP contribution in [0.1, 0.15) is 77.2 Å². The largest absolute Gasteiger partial charge is 0.481 e. The molecule has 2 aliphatic carbocycles. The van der Waals surface area contributed by atoms with E-state index in [-0.39, 0.29) is 5.82 Å². The average Bonchev–Trinajstić information content (AvgIpc) is 3.29. The minimum absolute atomic E-state index is 0.180. The molecule has 2 atom stereocenters. The van der Waals surface area contributed by atoms with Crippen LogP contribution in [0.5, 0.6) is 0 Å². The third-order valence-corrected chi connectivity index (χ3v) is 7.13. The summed E-state index contributed by atoms with van der Waals surface area (Å²) in [6.07, 6.45) is 11.8. The lowest BCUT2D eigenvalue weighted by Gasteiger charge is -2.36. The van der Waals surface area contributed by atoms with Crippen LogP contribution >= 0.6 is 0 Å². The summed E-state index contributed by atoms with van der Waals surface area (Å²) in [5, 5.41) is 9.35. The predicted molar refractivity (Wildman–Crippen MR) is 115 cm³/mol. The zero-order valence-corrected chi connectivity index (χ0v) is 18.2. The Morgan fingerprint density at radius 2 is 1.62 bits per heavy atom. The predicted octanol–water partition coefficient (Wildman–Crippen LogP) is 6.01. The van der Waals surface area contributed by atoms with Crippen molar-refractivity contribution in [1.82, 2.24) is 4.90 Å². The molecule has 0 aromatic heterocycles. The van der Waals surface area contributed by atoms with Gasteiger partial charge in [0, 0.05) is 6.04 Å². The molecule has 2 fully saturated rings. The normalized spacial score (nSPS) is 29.4. The minimum Gasteiger partial charge on any atom is -0.481 e. The van der Waals surface area contributed by atoms with Gasteiger partial charge in [-0.25, -0.2) is 4.39 Å². The first-order chi connectivity index (χ1) is 13.7. The summed E-state index contributed by atoms with van der Waals surface area (Å²) in [5.74, 6) is -0.333. The Hall–Kier alpha value is -1.68. The topological polar surface area (TPSA) is 40.5 Å². The number of rotatable bonds is 3. The molecule has 29 heavy (non-hydrogen) atoms. The molecule has 1 saturated carbocycles. The standard InChI is InChI=1S/C18H24FNO2.C7H12/c1-18(17(21)22)9-6-16(12-18)20-10-7-14(8-11-20)13-2-4-15(19)5-3-13;1-7(2)5-3-4-6-7/h2-5,14,16H,6-12H2,1H3,(H,21,22);3-4H,5-6H2,1-2H3/t16-,18+;/m1./s1. The molecule has 0 spiro atoms. The lowest BCUT2D eigenvalue weighted by atomic mass is 9.87. The monoisotopic (exact) mass is 401 g/mol. The second kappa shape index (κ2) is 8.99. The van der Waals surface area contributed by atoms with Gasteiger partial charge < -0.3 is 10.0 Å². The summed E-state index contributed by atoms with van der Waals surface area (Å²) in [6, 6.07) is 7.28. The molecule has 1 aromatic rings. The number of carboxylic acids is 1. The first kappa shape index (κ1) is 22.0. The lowest BCUT2D eigenvalue weighted by Crippen LogP contribution is -2.40. The molecular weight excluding hydrogens is 365 g/mol. The summed E-state index contributed by atoms with van der Waals surface area (Å²) in [7, 11) is 0. The van der Waals surface area contributed by atoms with Crippen LogP contribution in [-0.4, -0.2) is 35.1 Å². The van der Waals surface area contributed by atoms with Crippen molar-refractivity contribution in [2.75, 3.05) is 13.1 Å². The number of carbonyl (C=O) groups is 1. The fraction of sp³-hybridized carbons (Fsp3) is 0.640. The number of piperidine rings is 1. The number of nitrogens with zero attached hydrogens (tertiary/aromatic N) is 1. The highest BCUT2D eigenvalue weighted by Crippen LogP contribution is 2.42. The number of aliphatic carboxylic acids is 1. The molecule has 1 aromatic carbocycles. The van der Waals surface area contributed by atoms with E-state index in [0.717, 1.165) is 45.2 Å². The molecule has 1 heterocycles. The Morgan fingerprint density at radius 1 is 1.03 bits per heavy atom. The fourth-order valence-electron chi connectivity index (χ4n) is 4.94. The molecule has 0 radical (unpaired) electrons. The first-order valence-corrected chi connectivity index (χ1v) is 11.1. The van der Waals surface area contributed by atoms with E-state index in [1.54, 1.807) is 0 Å². The van der Waals surface area contributed by atoms with Crippen LogP contribution in [0.2, 0.25) is 0 Å². The van der Waals surface area contributed by atoms with Crippen LogP contribution in [0, 0.1) is 16.6 Å². The van der Waals surface area contributed by atoms with E-state index in [4.69, 9.17) is 0 Å². The summed E-state index contributed by atoms with van der Waals surface area (Å²) in [4.78, 5) is 13.8. The smallest absolute Gasteiger partial charge is 0.309 e. The highest BCUT2D eigenvalue weighted by Gasteiger charge is 2.43. The van der Waals surface area contributed by atoms with Gasteiger partial charge in [0.2, 0.25) is 0 Å². The van der Waals surface area contributed by atoms with Gasteiger partial charge >= 0.3 is 5.97 Å². The zero-order chi connectivity index (χ0) is 21.1. The molecule has 160 valence electrons. The van der Waals surface area contributed by atoms with E-state index in [2.05, 4.69) is 30.9 Å². The molecule has 4 heteroatoms. The Bertz CT molecular complexity index is 709. The van der Waals surface area contributed by atoms with Crippen molar-refractivity contribution >= 4 is 5.97 Å². The number of likely N-dealkylation sites (tertiary alicyclic amines) is 1. The van der Waals surface area contributed by atoms with Gasteiger partial charge in [-0.15, -0.1) is 0 Å². The van der Waals surface area contributed by atoms with Crippen LogP contribution < -0.4 is 0 Å². The van der Waals surface area contributed by atoms with Crippen LogP contribution in [0.15, 0.2) is 36.4 Å². The van der Waals surface area contributed by atoms with Gasteiger partial charge in [0.1, 0.15) is 5.82 Å². The van der Waals surface area contributed by atoms with Gasteiger partial charge in [-0.05, 0) is 94.0 Å². The maximum atomic E-state index is 13.0. The van der Waals surface area contributed by atoms with Crippen LogP contribution in [0.25, 0.3) is 0 Å². The molecule has 0 bridgehead atoms. The van der Waals surface area contributed by atoms with Crippen molar-refractivity contribution in [1.29, 1.82) is 0 Å². The molecule has 1 aliphatic heterocycles. The Morgan fingerprint density at radius 3 is 2.07 bits per heavy atom. The molecule has 1 N–H and O–H groups in total. The number of benzene rings is 1. The van der Waals surface area contributed by atoms with E-state index in [0.29, 0.717) is 17.4 Å². The highest BCUT2D eigenvalue weighted by atomic mass is 19.1. The average molecular weight is 402 g/mol. The van der Waals surface area contributed by atoms with Crippen molar-refractivity contribution in [3.05, 3.63) is 47.8 Å². The van der Waals surface area contributed by atoms with Crippen LogP contribution in [0.3, 0.4) is 0 Å². The quantitative estimate of drug-likeness (QED) is 0.631. The summed E-state index contributed by atoms with van der Waals surface area (Å²) < 4.78 is 13.0. The van der Waals surface area contributed by atoms with Gasteiger partial charge in [-0.3, -0.25) is 4.79 Å². The third kappa shape index (κ3) is 5.69. The number of allylic oxidation sites excluding steroid dienone is 2. The molecular formula is C25H36FNO2. The maximum Gasteiger partial charge on any atom is 0.309 e. The van der Waals surface area contributed by atoms with Crippen molar-refractivity contribution in [2.45, 2.75) is 77.7 Å². The molecule has 0 amide bonds. The lowest BCUT2D eigenvalue weighted by molar-refractivity contribution is -0.147. The van der Waals surface area contributed by atoms with E-state index >= 15 is 0 Å². The summed E-state index contributed by atoms with van der Waals surface area (Å²) in [5.41, 5.74) is 1.27. The van der Waals surface area contributed by atoms with Crippen LogP contribution in [-0.2, 0) is 4.79 Å². The number of hydrogen-bond donors (Lipinski definition) is 1. The van der Waals surface area contributed by atoms with Crippen molar-refractivity contribution in [3.8, 4) is 0 Å². The second-order valence-electron chi connectivity index (χ2n) is 10.2. The molecule has 1 saturated heterocycles. The molecule has 0 unspecified atom stereocenters. The van der Waals surface area contributed by atoms with E-state index < -0.39 is 11.4 Å². The fourth-order valence-corrected chi connectivity index (χ4v) is 4.94. The second-order valence-corrected chi connectivity index (χ2v) is 10.2. The van der Waals surface area contributed by atoms with Gasteiger partial charge in [0.25, 0.3) is 0 Å². The minimum atomic E-state index is -0.656. The molecule has 3 aliphatic rings. The summed E-state index contributed by atoms with van der Waals surface area (Å²) in [6.45, 7) is 8.51. The molecule has 3 nitrogen and oxygen atoms in total. The van der Waals surface area contributed by atoms with E-state index in [1.807, 2.05) is 19.1 Å². The van der Waals surface area contributed by atoms with Gasteiger partial charge in [0.05, 0.1) is 5.41 Å². The first-order valence-electron chi connectivity index (χ1n) is 11.1. The van der Waals surface area contributed by atoms with Gasteiger partial charge in [-0.2, -0.15) is 0 Å². The summed E-state index contributed by atoms with van der Waals surface area (Å²) >= 11 is 0. The Labute approximate surface area is 175 Å². The van der Waals surface area contributed by atoms with Gasteiger partial charge in [0.15, 0.2) is 0 Å². The van der Waals surface area contributed by atoms with E-state index in [9.17, 15) is 14.3 Å². The zero-order valence-electron chi connectivity index (χ0n) is 18.2. The van der Waals surface area contributed by atoms with Gasteiger partial charge in [-0.1, -0.05) is 38.1 Å². The number of carboxylic acid groups (broad SMARTS) is 1. The van der Waals surface area contributed by atoms with E-state index in [1.165, 1.54) is 30.5 Å². The van der Waals surface area contributed by atoms with Crippen LogP contribution in [0.4, 0.5) is 4.39 Å². The molecule has 4 rings (SSSR count). The number of hydrogen-bond acceptors (Lipinski definition) is 2. The SMILES string of the molecule is CC1(C)CC=CC1.C[C@]1(C(=O)O)CC[C@@H](N2CCC(c3ccc(F)cc3)CC2)C1.